The minimum absolute atomic E-state index is 0.147. The van der Waals surface area contributed by atoms with Crippen LogP contribution in [-0.4, -0.2) is 24.9 Å². The molecule has 0 aliphatic rings. The quantitative estimate of drug-likeness (QED) is 0.666. The Morgan fingerprint density at radius 1 is 1.04 bits per heavy atom. The van der Waals surface area contributed by atoms with Gasteiger partial charge in [0.25, 0.3) is 0 Å². The Balaban J connectivity index is 1.96. The van der Waals surface area contributed by atoms with Crippen LogP contribution in [-0.2, 0) is 23.1 Å². The molecule has 1 aromatic heterocycles. The minimum atomic E-state index is -3.72. The van der Waals surface area contributed by atoms with E-state index in [9.17, 15) is 13.5 Å². The summed E-state index contributed by atoms with van der Waals surface area (Å²) in [5, 5.41) is 11.4. The fraction of sp³-hybridized carbons (Fsp3) is 0.158. The van der Waals surface area contributed by atoms with E-state index in [2.05, 4.69) is 0 Å². The summed E-state index contributed by atoms with van der Waals surface area (Å²) in [4.78, 5) is 1.14. The van der Waals surface area contributed by atoms with Crippen molar-refractivity contribution in [3.63, 3.8) is 0 Å². The number of hydrogen-bond donors (Lipinski definition) is 1. The van der Waals surface area contributed by atoms with E-state index < -0.39 is 10.0 Å². The highest BCUT2D eigenvalue weighted by atomic mass is 32.2. The molecule has 0 aliphatic heterocycles. The molecule has 0 bridgehead atoms. The SMILES string of the molecule is COc1cccc(S(=O)(=O)N(Cc2ccc(O)cc2)Cc2cccs2)c1. The molecular formula is C19H19NO4S2. The molecular weight excluding hydrogens is 370 g/mol. The molecule has 7 heteroatoms. The molecule has 0 spiro atoms. The lowest BCUT2D eigenvalue weighted by molar-refractivity contribution is 0.400. The van der Waals surface area contributed by atoms with Crippen LogP contribution in [0.5, 0.6) is 11.5 Å². The van der Waals surface area contributed by atoms with Gasteiger partial charge in [0.05, 0.1) is 12.0 Å². The van der Waals surface area contributed by atoms with Gasteiger partial charge >= 0.3 is 0 Å². The molecule has 1 N–H and O–H groups in total. The van der Waals surface area contributed by atoms with Gasteiger partial charge in [0.2, 0.25) is 10.0 Å². The summed E-state index contributed by atoms with van der Waals surface area (Å²) < 4.78 is 33.0. The molecule has 3 aromatic rings. The second-order valence-corrected chi connectivity index (χ2v) is 8.67. The minimum Gasteiger partial charge on any atom is -0.508 e. The van der Waals surface area contributed by atoms with Gasteiger partial charge in [-0.25, -0.2) is 8.42 Å². The first-order valence-corrected chi connectivity index (χ1v) is 10.3. The number of aromatic hydroxyl groups is 1. The van der Waals surface area contributed by atoms with Gasteiger partial charge in [-0.2, -0.15) is 4.31 Å². The van der Waals surface area contributed by atoms with Gasteiger partial charge in [0.1, 0.15) is 11.5 Å². The highest BCUT2D eigenvalue weighted by Crippen LogP contribution is 2.25. The lowest BCUT2D eigenvalue weighted by Crippen LogP contribution is -2.30. The van der Waals surface area contributed by atoms with Crippen LogP contribution in [0.1, 0.15) is 10.4 Å². The molecule has 0 atom stereocenters. The zero-order chi connectivity index (χ0) is 18.6. The van der Waals surface area contributed by atoms with E-state index in [0.717, 1.165) is 10.4 Å². The number of rotatable bonds is 7. The molecule has 0 amide bonds. The summed E-state index contributed by atoms with van der Waals surface area (Å²) in [6.45, 7) is 0.482. The Hall–Kier alpha value is -2.35. The standard InChI is InChI=1S/C19H19NO4S2/c1-24-17-4-2-6-19(12-17)26(22,23)20(14-18-5-3-11-25-18)13-15-7-9-16(21)10-8-15/h2-12,21H,13-14H2,1H3. The van der Waals surface area contributed by atoms with E-state index in [1.165, 1.54) is 28.8 Å². The predicted octanol–water partition coefficient (Wildman–Crippen LogP) is 3.85. The molecule has 136 valence electrons. The van der Waals surface area contributed by atoms with Crippen LogP contribution in [0.25, 0.3) is 0 Å². The molecule has 0 unspecified atom stereocenters. The molecule has 3 rings (SSSR count). The first-order chi connectivity index (χ1) is 12.5. The number of nitrogens with zero attached hydrogens (tertiary/aromatic N) is 1. The fourth-order valence-corrected chi connectivity index (χ4v) is 4.76. The van der Waals surface area contributed by atoms with Gasteiger partial charge in [-0.05, 0) is 41.3 Å². The van der Waals surface area contributed by atoms with Crippen LogP contribution in [0.15, 0.2) is 70.9 Å². The van der Waals surface area contributed by atoms with Crippen LogP contribution in [0.3, 0.4) is 0 Å². The number of methoxy groups -OCH3 is 1. The summed E-state index contributed by atoms with van der Waals surface area (Å²) >= 11 is 1.51. The third-order valence-electron chi connectivity index (χ3n) is 3.89. The number of sulfonamides is 1. The molecule has 1 heterocycles. The third kappa shape index (κ3) is 4.24. The van der Waals surface area contributed by atoms with Crippen molar-refractivity contribution in [3.8, 4) is 11.5 Å². The van der Waals surface area contributed by atoms with E-state index in [-0.39, 0.29) is 23.7 Å². The van der Waals surface area contributed by atoms with Crippen molar-refractivity contribution in [2.45, 2.75) is 18.0 Å². The van der Waals surface area contributed by atoms with Crippen LogP contribution < -0.4 is 4.74 Å². The highest BCUT2D eigenvalue weighted by molar-refractivity contribution is 7.89. The Morgan fingerprint density at radius 2 is 1.81 bits per heavy atom. The van der Waals surface area contributed by atoms with Gasteiger partial charge in [0.15, 0.2) is 0 Å². The fourth-order valence-electron chi connectivity index (χ4n) is 2.52. The molecule has 5 nitrogen and oxygen atoms in total. The van der Waals surface area contributed by atoms with Crippen molar-refractivity contribution in [2.75, 3.05) is 7.11 Å². The zero-order valence-corrected chi connectivity index (χ0v) is 15.8. The van der Waals surface area contributed by atoms with Gasteiger partial charge < -0.3 is 9.84 Å². The summed E-state index contributed by atoms with van der Waals surface area (Å²) in [6, 6.07) is 16.8. The van der Waals surface area contributed by atoms with E-state index in [1.807, 2.05) is 17.5 Å². The number of ether oxygens (including phenoxy) is 1. The molecule has 0 radical (unpaired) electrons. The third-order valence-corrected chi connectivity index (χ3v) is 6.54. The van der Waals surface area contributed by atoms with Crippen molar-refractivity contribution in [3.05, 3.63) is 76.5 Å². The van der Waals surface area contributed by atoms with Crippen molar-refractivity contribution in [2.24, 2.45) is 0 Å². The number of benzene rings is 2. The maximum absolute atomic E-state index is 13.2. The number of thiophene rings is 1. The average molecular weight is 389 g/mol. The number of phenols is 1. The van der Waals surface area contributed by atoms with Crippen molar-refractivity contribution < 1.29 is 18.3 Å². The van der Waals surface area contributed by atoms with Crippen molar-refractivity contribution in [1.82, 2.24) is 4.31 Å². The Kier molecular flexibility index (Phi) is 5.61. The maximum atomic E-state index is 13.2. The Morgan fingerprint density at radius 3 is 2.46 bits per heavy atom. The van der Waals surface area contributed by atoms with Crippen molar-refractivity contribution >= 4 is 21.4 Å². The van der Waals surface area contributed by atoms with Gasteiger partial charge in [-0.3, -0.25) is 0 Å². The molecule has 0 fully saturated rings. The molecule has 2 aromatic carbocycles. The largest absolute Gasteiger partial charge is 0.508 e. The first-order valence-electron chi connectivity index (χ1n) is 7.93. The summed E-state index contributed by atoms with van der Waals surface area (Å²) in [5.74, 6) is 0.640. The van der Waals surface area contributed by atoms with Crippen LogP contribution in [0.2, 0.25) is 0 Å². The van der Waals surface area contributed by atoms with Crippen LogP contribution in [0, 0.1) is 0 Å². The summed E-state index contributed by atoms with van der Waals surface area (Å²) in [7, 11) is -2.22. The lowest BCUT2D eigenvalue weighted by atomic mass is 10.2. The average Bonchev–Trinajstić information content (AvgIpc) is 3.16. The second kappa shape index (κ2) is 7.90. The smallest absolute Gasteiger partial charge is 0.243 e. The van der Waals surface area contributed by atoms with Gasteiger partial charge in [-0.15, -0.1) is 11.3 Å². The normalized spacial score (nSPS) is 11.6. The van der Waals surface area contributed by atoms with E-state index in [4.69, 9.17) is 4.74 Å². The molecule has 26 heavy (non-hydrogen) atoms. The lowest BCUT2D eigenvalue weighted by Gasteiger charge is -2.22. The van der Waals surface area contributed by atoms with E-state index in [1.54, 1.807) is 42.5 Å². The maximum Gasteiger partial charge on any atom is 0.243 e. The van der Waals surface area contributed by atoms with Gasteiger partial charge in [-0.1, -0.05) is 24.3 Å². The summed E-state index contributed by atoms with van der Waals surface area (Å²) in [6.07, 6.45) is 0. The predicted molar refractivity (Wildman–Crippen MR) is 102 cm³/mol. The first kappa shape index (κ1) is 18.4. The van der Waals surface area contributed by atoms with E-state index in [0.29, 0.717) is 5.75 Å². The number of hydrogen-bond acceptors (Lipinski definition) is 5. The van der Waals surface area contributed by atoms with Crippen molar-refractivity contribution in [1.29, 1.82) is 0 Å². The molecule has 0 saturated heterocycles. The highest BCUT2D eigenvalue weighted by Gasteiger charge is 2.25. The Labute approximate surface area is 157 Å². The molecule has 0 saturated carbocycles. The van der Waals surface area contributed by atoms with Crippen LogP contribution in [0.4, 0.5) is 0 Å². The van der Waals surface area contributed by atoms with E-state index >= 15 is 0 Å². The zero-order valence-electron chi connectivity index (χ0n) is 14.2. The Bertz CT molecular complexity index is 951. The van der Waals surface area contributed by atoms with Gasteiger partial charge in [0, 0.05) is 24.0 Å². The topological polar surface area (TPSA) is 66.8 Å². The monoisotopic (exact) mass is 389 g/mol. The molecule has 0 aliphatic carbocycles. The van der Waals surface area contributed by atoms with Crippen LogP contribution >= 0.6 is 11.3 Å². The second-order valence-electron chi connectivity index (χ2n) is 5.70. The number of phenolic OH excluding ortho intramolecular Hbond substituents is 1. The summed E-state index contributed by atoms with van der Waals surface area (Å²) in [5.41, 5.74) is 0.797.